The Labute approximate surface area is 243 Å². The van der Waals surface area contributed by atoms with Gasteiger partial charge in [0.25, 0.3) is 0 Å². The smallest absolute Gasteiger partial charge is 0.407 e. The number of rotatable bonds is 8. The van der Waals surface area contributed by atoms with Crippen molar-refractivity contribution in [3.63, 3.8) is 0 Å². The molecule has 222 valence electrons. The van der Waals surface area contributed by atoms with Crippen LogP contribution in [0.15, 0.2) is 36.7 Å². The molecular formula is C31H46N8O2. The normalized spacial score (nSPS) is 20.2. The Morgan fingerprint density at radius 2 is 1.73 bits per heavy atom. The van der Waals surface area contributed by atoms with Gasteiger partial charge in [-0.05, 0) is 91.8 Å². The van der Waals surface area contributed by atoms with Gasteiger partial charge >= 0.3 is 6.09 Å². The molecule has 3 heterocycles. The molecule has 1 saturated carbocycles. The molecule has 0 spiro atoms. The molecule has 1 saturated heterocycles. The average Bonchev–Trinajstić information content (AvgIpc) is 3.37. The molecule has 0 atom stereocenters. The van der Waals surface area contributed by atoms with Crippen molar-refractivity contribution in [2.24, 2.45) is 0 Å². The van der Waals surface area contributed by atoms with E-state index in [9.17, 15) is 4.79 Å². The van der Waals surface area contributed by atoms with Crippen LogP contribution in [0.4, 0.5) is 16.6 Å². The molecule has 41 heavy (non-hydrogen) atoms. The van der Waals surface area contributed by atoms with Crippen molar-refractivity contribution in [1.29, 1.82) is 0 Å². The number of anilines is 2. The predicted octanol–water partition coefficient (Wildman–Crippen LogP) is 5.41. The summed E-state index contributed by atoms with van der Waals surface area (Å²) < 4.78 is 7.59. The van der Waals surface area contributed by atoms with E-state index >= 15 is 0 Å². The van der Waals surface area contributed by atoms with E-state index in [0.29, 0.717) is 12.0 Å². The number of fused-ring (bicyclic) bond motifs is 1. The second-order valence-electron chi connectivity index (χ2n) is 12.7. The number of hydrogen-bond donors (Lipinski definition) is 3. The summed E-state index contributed by atoms with van der Waals surface area (Å²) in [6, 6.07) is 11.6. The van der Waals surface area contributed by atoms with Crippen LogP contribution in [0.25, 0.3) is 11.2 Å². The SMILES string of the molecule is CC(C)n1cnc2c(N(Cc3ccccc3)C3CCNCC3)nc(NC3CCC(NC(=O)OC(C)(C)C)CC3)nc21. The summed E-state index contributed by atoms with van der Waals surface area (Å²) in [6.07, 6.45) is 7.27. The van der Waals surface area contributed by atoms with Gasteiger partial charge in [-0.1, -0.05) is 30.3 Å². The van der Waals surface area contributed by atoms with Crippen LogP contribution >= 0.6 is 0 Å². The van der Waals surface area contributed by atoms with Crippen LogP contribution in [0.2, 0.25) is 0 Å². The van der Waals surface area contributed by atoms with Crippen LogP contribution in [0, 0.1) is 0 Å². The Morgan fingerprint density at radius 1 is 1.05 bits per heavy atom. The number of nitrogens with one attached hydrogen (secondary N) is 3. The van der Waals surface area contributed by atoms with Gasteiger partial charge in [0, 0.05) is 30.7 Å². The second kappa shape index (κ2) is 12.6. The van der Waals surface area contributed by atoms with Gasteiger partial charge < -0.3 is 30.2 Å². The summed E-state index contributed by atoms with van der Waals surface area (Å²) in [4.78, 5) is 29.7. The van der Waals surface area contributed by atoms with Gasteiger partial charge in [0.1, 0.15) is 5.60 Å². The highest BCUT2D eigenvalue weighted by molar-refractivity contribution is 5.85. The fraction of sp³-hybridized carbons (Fsp3) is 0.613. The van der Waals surface area contributed by atoms with Crippen molar-refractivity contribution in [3.05, 3.63) is 42.2 Å². The molecule has 1 amide bonds. The lowest BCUT2D eigenvalue weighted by Crippen LogP contribution is -2.43. The highest BCUT2D eigenvalue weighted by Gasteiger charge is 2.29. The Morgan fingerprint density at radius 3 is 2.39 bits per heavy atom. The molecule has 2 aromatic heterocycles. The van der Waals surface area contributed by atoms with Gasteiger partial charge in [-0.2, -0.15) is 9.97 Å². The zero-order valence-electron chi connectivity index (χ0n) is 25.2. The molecule has 2 aliphatic rings. The van der Waals surface area contributed by atoms with Gasteiger partial charge in [-0.25, -0.2) is 9.78 Å². The fourth-order valence-corrected chi connectivity index (χ4v) is 5.86. The van der Waals surface area contributed by atoms with Crippen molar-refractivity contribution < 1.29 is 9.53 Å². The zero-order valence-corrected chi connectivity index (χ0v) is 25.2. The first-order valence-corrected chi connectivity index (χ1v) is 15.2. The summed E-state index contributed by atoms with van der Waals surface area (Å²) in [5.41, 5.74) is 2.47. The monoisotopic (exact) mass is 562 g/mol. The first-order valence-electron chi connectivity index (χ1n) is 15.2. The maximum atomic E-state index is 12.3. The summed E-state index contributed by atoms with van der Waals surface area (Å²) in [7, 11) is 0. The molecule has 0 unspecified atom stereocenters. The van der Waals surface area contributed by atoms with E-state index in [1.807, 2.05) is 27.1 Å². The third-order valence-corrected chi connectivity index (χ3v) is 7.96. The molecular weight excluding hydrogens is 516 g/mol. The Hall–Kier alpha value is -3.40. The first kappa shape index (κ1) is 29.1. The number of nitrogens with zero attached hydrogens (tertiary/aromatic N) is 5. The standard InChI is InChI=1S/C31H46N8O2/c1-21(2)39-20-33-26-27(38(25-15-17-32-18-16-25)19-22-9-7-6-8-10-22)36-29(37-28(26)39)34-23-11-13-24(14-12-23)35-30(40)41-31(3,4)5/h6-10,20-21,23-25,32H,11-19H2,1-5H3,(H,35,40)(H,34,36,37). The van der Waals surface area contributed by atoms with Crippen LogP contribution < -0.4 is 20.9 Å². The number of carbonyl (C=O) groups is 1. The van der Waals surface area contributed by atoms with Crippen LogP contribution in [0.1, 0.15) is 84.7 Å². The number of ether oxygens (including phenoxy) is 1. The lowest BCUT2D eigenvalue weighted by molar-refractivity contribution is 0.0492. The molecule has 3 N–H and O–H groups in total. The van der Waals surface area contributed by atoms with Gasteiger partial charge in [-0.15, -0.1) is 0 Å². The number of imidazole rings is 1. The topological polar surface area (TPSA) is 109 Å². The molecule has 0 radical (unpaired) electrons. The Bertz CT molecular complexity index is 1290. The molecule has 1 aromatic carbocycles. The Balaban J connectivity index is 1.39. The van der Waals surface area contributed by atoms with Gasteiger partial charge in [0.15, 0.2) is 17.0 Å². The van der Waals surface area contributed by atoms with E-state index in [1.54, 1.807) is 0 Å². The number of carbonyl (C=O) groups excluding carboxylic acids is 1. The number of alkyl carbamates (subject to hydrolysis) is 1. The van der Waals surface area contributed by atoms with E-state index in [4.69, 9.17) is 19.7 Å². The van der Waals surface area contributed by atoms with Crippen molar-refractivity contribution >= 4 is 29.0 Å². The maximum absolute atomic E-state index is 12.3. The van der Waals surface area contributed by atoms with Gasteiger partial charge in [-0.3, -0.25) is 0 Å². The Kier molecular flexibility index (Phi) is 8.97. The molecule has 10 nitrogen and oxygen atoms in total. The molecule has 2 fully saturated rings. The molecule has 10 heteroatoms. The van der Waals surface area contributed by atoms with Crippen molar-refractivity contribution in [1.82, 2.24) is 30.2 Å². The van der Waals surface area contributed by atoms with E-state index < -0.39 is 5.60 Å². The summed E-state index contributed by atoms with van der Waals surface area (Å²) in [6.45, 7) is 12.7. The summed E-state index contributed by atoms with van der Waals surface area (Å²) >= 11 is 0. The lowest BCUT2D eigenvalue weighted by Gasteiger charge is -2.36. The lowest BCUT2D eigenvalue weighted by atomic mass is 9.91. The van der Waals surface area contributed by atoms with Crippen molar-refractivity contribution in [3.8, 4) is 0 Å². The highest BCUT2D eigenvalue weighted by Crippen LogP contribution is 2.32. The van der Waals surface area contributed by atoms with Crippen LogP contribution in [0.5, 0.6) is 0 Å². The predicted molar refractivity (Wildman–Crippen MR) is 163 cm³/mol. The number of aromatic nitrogens is 4. The third-order valence-electron chi connectivity index (χ3n) is 7.96. The average molecular weight is 563 g/mol. The maximum Gasteiger partial charge on any atom is 0.407 e. The van der Waals surface area contributed by atoms with Crippen LogP contribution in [0.3, 0.4) is 0 Å². The fourth-order valence-electron chi connectivity index (χ4n) is 5.86. The largest absolute Gasteiger partial charge is 0.444 e. The zero-order chi connectivity index (χ0) is 29.0. The minimum atomic E-state index is -0.498. The molecule has 3 aromatic rings. The van der Waals surface area contributed by atoms with E-state index in [-0.39, 0.29) is 24.2 Å². The number of amides is 1. The third kappa shape index (κ3) is 7.47. The van der Waals surface area contributed by atoms with Gasteiger partial charge in [0.05, 0.1) is 6.33 Å². The van der Waals surface area contributed by atoms with E-state index in [1.165, 1.54) is 5.56 Å². The summed E-state index contributed by atoms with van der Waals surface area (Å²) in [5, 5.41) is 10.2. The van der Waals surface area contributed by atoms with Gasteiger partial charge in [0.2, 0.25) is 5.95 Å². The molecule has 5 rings (SSSR count). The number of benzene rings is 1. The highest BCUT2D eigenvalue weighted by atomic mass is 16.6. The van der Waals surface area contributed by atoms with E-state index in [2.05, 4.69) is 69.6 Å². The van der Waals surface area contributed by atoms with Crippen LogP contribution in [-0.4, -0.2) is 62.4 Å². The van der Waals surface area contributed by atoms with Crippen LogP contribution in [-0.2, 0) is 11.3 Å². The minimum absolute atomic E-state index is 0.116. The minimum Gasteiger partial charge on any atom is -0.444 e. The van der Waals surface area contributed by atoms with Crippen molar-refractivity contribution in [2.75, 3.05) is 23.3 Å². The first-order chi connectivity index (χ1) is 19.7. The quantitative estimate of drug-likeness (QED) is 0.334. The summed E-state index contributed by atoms with van der Waals surface area (Å²) in [5.74, 6) is 1.54. The number of hydrogen-bond acceptors (Lipinski definition) is 8. The molecule has 0 bridgehead atoms. The van der Waals surface area contributed by atoms with E-state index in [0.717, 1.165) is 75.1 Å². The molecule has 1 aliphatic carbocycles. The second-order valence-corrected chi connectivity index (χ2v) is 12.7. The van der Waals surface area contributed by atoms with Crippen molar-refractivity contribution in [2.45, 2.75) is 109 Å². The number of piperidine rings is 1. The molecule has 1 aliphatic heterocycles.